The van der Waals surface area contributed by atoms with Crippen molar-refractivity contribution in [1.82, 2.24) is 4.98 Å². The third-order valence-corrected chi connectivity index (χ3v) is 3.07. The molecule has 0 saturated carbocycles. The number of amides is 1. The van der Waals surface area contributed by atoms with Gasteiger partial charge in [-0.2, -0.15) is 0 Å². The quantitative estimate of drug-likeness (QED) is 0.673. The Labute approximate surface area is 119 Å². The molecule has 3 N–H and O–H groups in total. The fraction of sp³-hybridized carbons (Fsp3) is 0.0667. The number of aromatic amines is 1. The first-order valence-corrected chi connectivity index (χ1v) is 6.27. The van der Waals surface area contributed by atoms with Gasteiger partial charge in [0.25, 0.3) is 5.91 Å². The van der Waals surface area contributed by atoms with E-state index in [-0.39, 0.29) is 11.3 Å². The number of fused-ring (bicyclic) bond motifs is 1. The smallest absolute Gasteiger partial charge is 0.417 e. The van der Waals surface area contributed by atoms with E-state index in [0.29, 0.717) is 16.8 Å². The van der Waals surface area contributed by atoms with Crippen molar-refractivity contribution < 1.29 is 14.3 Å². The molecule has 0 unspecified atom stereocenters. The van der Waals surface area contributed by atoms with Gasteiger partial charge in [-0.05, 0) is 37.3 Å². The van der Waals surface area contributed by atoms with Crippen LogP contribution in [0.5, 0.6) is 5.75 Å². The van der Waals surface area contributed by atoms with Gasteiger partial charge in [0, 0.05) is 5.69 Å². The molecule has 0 spiro atoms. The maximum Gasteiger partial charge on any atom is 0.417 e. The van der Waals surface area contributed by atoms with Gasteiger partial charge in [-0.15, -0.1) is 0 Å². The molecule has 0 bridgehead atoms. The predicted molar refractivity (Wildman–Crippen MR) is 77.6 cm³/mol. The highest BCUT2D eigenvalue weighted by Gasteiger charge is 2.12. The van der Waals surface area contributed by atoms with Crippen molar-refractivity contribution in [3.8, 4) is 5.75 Å². The van der Waals surface area contributed by atoms with E-state index >= 15 is 0 Å². The molecule has 0 saturated heterocycles. The minimum Gasteiger partial charge on any atom is -0.507 e. The number of phenols is 1. The molecule has 1 heterocycles. The van der Waals surface area contributed by atoms with Crippen LogP contribution in [0.25, 0.3) is 11.1 Å². The molecule has 0 fully saturated rings. The van der Waals surface area contributed by atoms with Crippen LogP contribution in [-0.4, -0.2) is 16.0 Å². The summed E-state index contributed by atoms with van der Waals surface area (Å²) in [4.78, 5) is 25.8. The van der Waals surface area contributed by atoms with Crippen LogP contribution >= 0.6 is 0 Å². The van der Waals surface area contributed by atoms with Gasteiger partial charge in [-0.25, -0.2) is 4.79 Å². The molecule has 21 heavy (non-hydrogen) atoms. The number of aromatic nitrogens is 1. The molecule has 0 aliphatic heterocycles. The summed E-state index contributed by atoms with van der Waals surface area (Å²) >= 11 is 0. The molecule has 0 atom stereocenters. The van der Waals surface area contributed by atoms with Gasteiger partial charge in [0.15, 0.2) is 5.58 Å². The molecule has 3 rings (SSSR count). The van der Waals surface area contributed by atoms with Crippen molar-refractivity contribution in [3.63, 3.8) is 0 Å². The van der Waals surface area contributed by atoms with Gasteiger partial charge < -0.3 is 14.8 Å². The lowest BCUT2D eigenvalue weighted by molar-refractivity contribution is 0.102. The molecule has 2 aromatic carbocycles. The number of nitrogens with one attached hydrogen (secondary N) is 2. The first kappa shape index (κ1) is 13.0. The molecular formula is C15H12N2O4. The van der Waals surface area contributed by atoms with Gasteiger partial charge in [0.2, 0.25) is 0 Å². The summed E-state index contributed by atoms with van der Waals surface area (Å²) in [5.41, 5.74) is 2.46. The second kappa shape index (κ2) is 4.82. The Bertz CT molecular complexity index is 892. The van der Waals surface area contributed by atoms with Crippen LogP contribution in [0.3, 0.4) is 0 Å². The zero-order valence-electron chi connectivity index (χ0n) is 11.1. The lowest BCUT2D eigenvalue weighted by atomic mass is 10.1. The van der Waals surface area contributed by atoms with Crippen molar-refractivity contribution in [2.45, 2.75) is 6.92 Å². The van der Waals surface area contributed by atoms with Gasteiger partial charge >= 0.3 is 5.76 Å². The van der Waals surface area contributed by atoms with Crippen LogP contribution < -0.4 is 11.1 Å². The summed E-state index contributed by atoms with van der Waals surface area (Å²) in [5, 5.41) is 12.4. The third-order valence-electron chi connectivity index (χ3n) is 3.07. The fourth-order valence-corrected chi connectivity index (χ4v) is 2.06. The number of oxazole rings is 1. The monoisotopic (exact) mass is 284 g/mol. The van der Waals surface area contributed by atoms with E-state index in [1.165, 1.54) is 6.07 Å². The first-order valence-electron chi connectivity index (χ1n) is 6.27. The molecule has 0 aliphatic rings. The molecular weight excluding hydrogens is 272 g/mol. The number of hydrogen-bond donors (Lipinski definition) is 3. The Morgan fingerprint density at radius 2 is 2.05 bits per heavy atom. The standard InChI is InChI=1S/C15H12N2O4/c1-8-2-4-12(18)10(6-8)14(19)16-9-3-5-13-11(7-9)17-15(20)21-13/h2-7,18H,1H3,(H,16,19)(H,17,20). The molecule has 3 aromatic rings. The largest absolute Gasteiger partial charge is 0.507 e. The number of benzene rings is 2. The van der Waals surface area contributed by atoms with Crippen molar-refractivity contribution in [3.05, 3.63) is 58.1 Å². The van der Waals surface area contributed by atoms with E-state index in [9.17, 15) is 14.7 Å². The van der Waals surface area contributed by atoms with Gasteiger partial charge in [0.05, 0.1) is 11.1 Å². The minimum absolute atomic E-state index is 0.0871. The lowest BCUT2D eigenvalue weighted by Crippen LogP contribution is -2.12. The summed E-state index contributed by atoms with van der Waals surface area (Å²) in [6, 6.07) is 9.58. The number of anilines is 1. The zero-order chi connectivity index (χ0) is 15.0. The van der Waals surface area contributed by atoms with Crippen LogP contribution in [0.4, 0.5) is 5.69 Å². The summed E-state index contributed by atoms with van der Waals surface area (Å²) < 4.78 is 4.88. The topological polar surface area (TPSA) is 95.3 Å². The van der Waals surface area contributed by atoms with E-state index in [0.717, 1.165) is 5.56 Å². The number of aryl methyl sites for hydroxylation is 1. The Morgan fingerprint density at radius 3 is 2.86 bits per heavy atom. The molecule has 6 nitrogen and oxygen atoms in total. The highest BCUT2D eigenvalue weighted by Crippen LogP contribution is 2.21. The van der Waals surface area contributed by atoms with Crippen LogP contribution in [0.15, 0.2) is 45.6 Å². The molecule has 0 radical (unpaired) electrons. The lowest BCUT2D eigenvalue weighted by Gasteiger charge is -2.07. The highest BCUT2D eigenvalue weighted by atomic mass is 16.4. The van der Waals surface area contributed by atoms with E-state index in [1.54, 1.807) is 30.3 Å². The number of rotatable bonds is 2. The van der Waals surface area contributed by atoms with E-state index < -0.39 is 11.7 Å². The number of H-pyrrole nitrogens is 1. The molecule has 1 aromatic heterocycles. The van der Waals surface area contributed by atoms with Crippen LogP contribution in [0.1, 0.15) is 15.9 Å². The predicted octanol–water partition coefficient (Wildman–Crippen LogP) is 2.39. The van der Waals surface area contributed by atoms with E-state index in [2.05, 4.69) is 10.3 Å². The van der Waals surface area contributed by atoms with Gasteiger partial charge in [-0.3, -0.25) is 9.78 Å². The SMILES string of the molecule is Cc1ccc(O)c(C(=O)Nc2ccc3oc(=O)[nH]c3c2)c1. The Balaban J connectivity index is 1.92. The minimum atomic E-state index is -0.551. The van der Waals surface area contributed by atoms with Crippen molar-refractivity contribution in [2.75, 3.05) is 5.32 Å². The number of carbonyl (C=O) groups is 1. The first-order chi connectivity index (χ1) is 10.0. The maximum atomic E-state index is 12.2. The van der Waals surface area contributed by atoms with Crippen LogP contribution in [-0.2, 0) is 0 Å². The van der Waals surface area contributed by atoms with Crippen molar-refractivity contribution in [2.24, 2.45) is 0 Å². The normalized spacial score (nSPS) is 10.7. The number of aromatic hydroxyl groups is 1. The molecule has 6 heteroatoms. The summed E-state index contributed by atoms with van der Waals surface area (Å²) in [6.07, 6.45) is 0. The Kier molecular flexibility index (Phi) is 2.98. The van der Waals surface area contributed by atoms with Gasteiger partial charge in [-0.1, -0.05) is 11.6 Å². The van der Waals surface area contributed by atoms with E-state index in [4.69, 9.17) is 4.42 Å². The van der Waals surface area contributed by atoms with Gasteiger partial charge in [0.1, 0.15) is 5.75 Å². The highest BCUT2D eigenvalue weighted by molar-refractivity contribution is 6.06. The number of carbonyl (C=O) groups excluding carboxylic acids is 1. The number of phenolic OH excluding ortho intramolecular Hbond substituents is 1. The molecule has 1 amide bonds. The van der Waals surface area contributed by atoms with Crippen molar-refractivity contribution in [1.29, 1.82) is 0 Å². The Hall–Kier alpha value is -3.02. The second-order valence-corrected chi connectivity index (χ2v) is 4.70. The van der Waals surface area contributed by atoms with Crippen LogP contribution in [0.2, 0.25) is 0 Å². The van der Waals surface area contributed by atoms with E-state index in [1.807, 2.05) is 6.92 Å². The molecule has 106 valence electrons. The van der Waals surface area contributed by atoms with Crippen molar-refractivity contribution >= 4 is 22.7 Å². The number of hydrogen-bond acceptors (Lipinski definition) is 4. The zero-order valence-corrected chi connectivity index (χ0v) is 11.1. The summed E-state index contributed by atoms with van der Waals surface area (Å²) in [5.74, 6) is -1.07. The average molecular weight is 284 g/mol. The third kappa shape index (κ3) is 2.51. The van der Waals surface area contributed by atoms with Crippen LogP contribution in [0, 0.1) is 6.92 Å². The summed E-state index contributed by atoms with van der Waals surface area (Å²) in [7, 11) is 0. The average Bonchev–Trinajstić information content (AvgIpc) is 2.80. The Morgan fingerprint density at radius 1 is 1.24 bits per heavy atom. The second-order valence-electron chi connectivity index (χ2n) is 4.70. The summed E-state index contributed by atoms with van der Waals surface area (Å²) in [6.45, 7) is 1.83. The molecule has 0 aliphatic carbocycles. The maximum absolute atomic E-state index is 12.2. The fourth-order valence-electron chi connectivity index (χ4n) is 2.06.